The van der Waals surface area contributed by atoms with Crippen molar-refractivity contribution >= 4 is 16.9 Å². The van der Waals surface area contributed by atoms with Gasteiger partial charge in [0.15, 0.2) is 0 Å². The van der Waals surface area contributed by atoms with Crippen molar-refractivity contribution in [2.24, 2.45) is 0 Å². The summed E-state index contributed by atoms with van der Waals surface area (Å²) < 4.78 is 10.2. The highest BCUT2D eigenvalue weighted by Crippen LogP contribution is 2.31. The summed E-state index contributed by atoms with van der Waals surface area (Å²) in [5.74, 6) is -0.379. The molecular formula is C17H11NO3. The molecule has 4 heteroatoms. The van der Waals surface area contributed by atoms with Crippen molar-refractivity contribution in [2.75, 3.05) is 7.11 Å². The van der Waals surface area contributed by atoms with Gasteiger partial charge in [-0.15, -0.1) is 0 Å². The molecule has 0 aliphatic carbocycles. The molecule has 0 aliphatic heterocycles. The van der Waals surface area contributed by atoms with E-state index in [2.05, 4.69) is 10.8 Å². The maximum atomic E-state index is 11.4. The molecule has 3 aromatic rings. The number of nitrogens with zero attached hydrogens (tertiary/aromatic N) is 1. The molecule has 21 heavy (non-hydrogen) atoms. The van der Waals surface area contributed by atoms with Crippen LogP contribution in [0.5, 0.6) is 0 Å². The molecule has 0 aliphatic rings. The van der Waals surface area contributed by atoms with Gasteiger partial charge in [0.05, 0.1) is 30.6 Å². The molecular weight excluding hydrogens is 266 g/mol. The lowest BCUT2D eigenvalue weighted by molar-refractivity contribution is 0.0601. The van der Waals surface area contributed by atoms with Crippen molar-refractivity contribution in [3.05, 3.63) is 59.9 Å². The lowest BCUT2D eigenvalue weighted by atomic mass is 10.00. The van der Waals surface area contributed by atoms with Crippen LogP contribution >= 0.6 is 0 Å². The van der Waals surface area contributed by atoms with E-state index in [0.29, 0.717) is 11.1 Å². The van der Waals surface area contributed by atoms with Crippen LogP contribution in [0.2, 0.25) is 0 Å². The molecule has 0 saturated heterocycles. The first kappa shape index (κ1) is 12.9. The number of hydrogen-bond acceptors (Lipinski definition) is 4. The van der Waals surface area contributed by atoms with E-state index in [1.165, 1.54) is 7.11 Å². The van der Waals surface area contributed by atoms with Gasteiger partial charge in [-0.3, -0.25) is 0 Å². The Morgan fingerprint density at radius 3 is 2.62 bits per heavy atom. The number of esters is 1. The van der Waals surface area contributed by atoms with E-state index in [1.807, 2.05) is 18.2 Å². The Bertz CT molecular complexity index is 854. The fraction of sp³-hybridized carbons (Fsp3) is 0.0588. The summed E-state index contributed by atoms with van der Waals surface area (Å²) in [6.45, 7) is 0. The van der Waals surface area contributed by atoms with Gasteiger partial charge >= 0.3 is 5.97 Å². The number of nitriles is 1. The van der Waals surface area contributed by atoms with Gasteiger partial charge in [-0.25, -0.2) is 4.79 Å². The van der Waals surface area contributed by atoms with Crippen LogP contribution in [-0.2, 0) is 4.74 Å². The molecule has 0 spiro atoms. The molecule has 0 atom stereocenters. The number of fused-ring (bicyclic) bond motifs is 1. The maximum absolute atomic E-state index is 11.4. The van der Waals surface area contributed by atoms with Crippen molar-refractivity contribution in [2.45, 2.75) is 0 Å². The van der Waals surface area contributed by atoms with Gasteiger partial charge in [-0.1, -0.05) is 12.1 Å². The third kappa shape index (κ3) is 2.26. The van der Waals surface area contributed by atoms with Crippen LogP contribution in [0.3, 0.4) is 0 Å². The van der Waals surface area contributed by atoms with Crippen LogP contribution in [0.25, 0.3) is 22.1 Å². The summed E-state index contributed by atoms with van der Waals surface area (Å²) in [4.78, 5) is 11.4. The second kappa shape index (κ2) is 5.14. The fourth-order valence-electron chi connectivity index (χ4n) is 2.26. The van der Waals surface area contributed by atoms with Gasteiger partial charge < -0.3 is 9.15 Å². The van der Waals surface area contributed by atoms with Crippen molar-refractivity contribution in [1.82, 2.24) is 0 Å². The molecule has 0 amide bonds. The Morgan fingerprint density at radius 1 is 1.19 bits per heavy atom. The van der Waals surface area contributed by atoms with Crippen LogP contribution in [0.15, 0.2) is 53.1 Å². The highest BCUT2D eigenvalue weighted by atomic mass is 16.5. The minimum Gasteiger partial charge on any atom is -0.465 e. The van der Waals surface area contributed by atoms with Crippen LogP contribution in [0, 0.1) is 11.3 Å². The molecule has 2 aromatic carbocycles. The predicted octanol–water partition coefficient (Wildman–Crippen LogP) is 3.76. The average molecular weight is 277 g/mol. The number of carbonyl (C=O) groups excluding carboxylic acids is 1. The summed E-state index contributed by atoms with van der Waals surface area (Å²) in [5, 5.41) is 9.99. The van der Waals surface area contributed by atoms with E-state index in [0.717, 1.165) is 22.1 Å². The van der Waals surface area contributed by atoms with E-state index in [4.69, 9.17) is 9.68 Å². The first-order valence-electron chi connectivity index (χ1n) is 6.33. The number of ether oxygens (including phenoxy) is 1. The Balaban J connectivity index is 2.14. The summed E-state index contributed by atoms with van der Waals surface area (Å²) in [5.41, 5.74) is 3.47. The topological polar surface area (TPSA) is 63.2 Å². The molecule has 0 unspecified atom stereocenters. The molecule has 1 aromatic heterocycles. The zero-order valence-corrected chi connectivity index (χ0v) is 11.3. The van der Waals surface area contributed by atoms with Crippen molar-refractivity contribution in [1.29, 1.82) is 5.26 Å². The molecule has 3 rings (SSSR count). The normalized spacial score (nSPS) is 10.3. The first-order valence-corrected chi connectivity index (χ1v) is 6.33. The van der Waals surface area contributed by atoms with Gasteiger partial charge in [0.25, 0.3) is 0 Å². The monoisotopic (exact) mass is 277 g/mol. The van der Waals surface area contributed by atoms with Gasteiger partial charge in [-0.05, 0) is 35.9 Å². The smallest absolute Gasteiger partial charge is 0.337 e. The number of furan rings is 1. The summed E-state index contributed by atoms with van der Waals surface area (Å²) in [6.07, 6.45) is 1.60. The van der Waals surface area contributed by atoms with Gasteiger partial charge in [-0.2, -0.15) is 5.26 Å². The third-order valence-electron chi connectivity index (χ3n) is 3.30. The van der Waals surface area contributed by atoms with E-state index in [1.54, 1.807) is 30.5 Å². The second-order valence-corrected chi connectivity index (χ2v) is 4.54. The van der Waals surface area contributed by atoms with Crippen LogP contribution in [-0.4, -0.2) is 13.1 Å². The Morgan fingerprint density at radius 2 is 1.95 bits per heavy atom. The third-order valence-corrected chi connectivity index (χ3v) is 3.30. The molecule has 0 radical (unpaired) electrons. The van der Waals surface area contributed by atoms with E-state index >= 15 is 0 Å². The maximum Gasteiger partial charge on any atom is 0.337 e. The number of methoxy groups -OCH3 is 1. The number of rotatable bonds is 2. The molecule has 0 N–H and O–H groups in total. The average Bonchev–Trinajstić information content (AvgIpc) is 3.01. The lowest BCUT2D eigenvalue weighted by Crippen LogP contribution is -2.00. The SMILES string of the molecule is COC(=O)c1ccc(-c2cc(C#N)cc3ccoc23)cc1. The summed E-state index contributed by atoms with van der Waals surface area (Å²) in [7, 11) is 1.35. The second-order valence-electron chi connectivity index (χ2n) is 4.54. The zero-order chi connectivity index (χ0) is 14.8. The largest absolute Gasteiger partial charge is 0.465 e. The molecule has 1 heterocycles. The van der Waals surface area contributed by atoms with Gasteiger partial charge in [0, 0.05) is 10.9 Å². The fourth-order valence-corrected chi connectivity index (χ4v) is 2.26. The van der Waals surface area contributed by atoms with Crippen molar-refractivity contribution in [3.63, 3.8) is 0 Å². The van der Waals surface area contributed by atoms with Gasteiger partial charge in [0.1, 0.15) is 5.58 Å². The number of carbonyl (C=O) groups is 1. The standard InChI is InChI=1S/C17H11NO3/c1-20-17(19)13-4-2-12(3-5-13)15-9-11(10-18)8-14-6-7-21-16(14)15/h2-9H,1H3. The highest BCUT2D eigenvalue weighted by Gasteiger charge is 2.11. The predicted molar refractivity (Wildman–Crippen MR) is 77.7 cm³/mol. The number of benzene rings is 2. The van der Waals surface area contributed by atoms with Crippen molar-refractivity contribution in [3.8, 4) is 17.2 Å². The van der Waals surface area contributed by atoms with E-state index in [-0.39, 0.29) is 5.97 Å². The minimum atomic E-state index is -0.379. The highest BCUT2D eigenvalue weighted by molar-refractivity contribution is 5.95. The van der Waals surface area contributed by atoms with Crippen LogP contribution in [0.1, 0.15) is 15.9 Å². The van der Waals surface area contributed by atoms with Crippen LogP contribution in [0.4, 0.5) is 0 Å². The summed E-state index contributed by atoms with van der Waals surface area (Å²) >= 11 is 0. The Kier molecular flexibility index (Phi) is 3.17. The van der Waals surface area contributed by atoms with E-state index in [9.17, 15) is 4.79 Å². The molecule has 102 valence electrons. The summed E-state index contributed by atoms with van der Waals surface area (Å²) in [6, 6.07) is 14.5. The zero-order valence-electron chi connectivity index (χ0n) is 11.3. The lowest BCUT2D eigenvalue weighted by Gasteiger charge is -2.05. The van der Waals surface area contributed by atoms with E-state index < -0.39 is 0 Å². The van der Waals surface area contributed by atoms with Crippen LogP contribution < -0.4 is 0 Å². The molecule has 0 saturated carbocycles. The van der Waals surface area contributed by atoms with Gasteiger partial charge in [0.2, 0.25) is 0 Å². The minimum absolute atomic E-state index is 0.379. The molecule has 0 bridgehead atoms. The first-order chi connectivity index (χ1) is 10.2. The Labute approximate surface area is 121 Å². The van der Waals surface area contributed by atoms with Crippen molar-refractivity contribution < 1.29 is 13.9 Å². The molecule has 0 fully saturated rings. The Hall–Kier alpha value is -3.06. The number of hydrogen-bond donors (Lipinski definition) is 0. The molecule has 4 nitrogen and oxygen atoms in total. The quantitative estimate of drug-likeness (QED) is 0.669.